The highest BCUT2D eigenvalue weighted by Gasteiger charge is 2.16. The molecule has 0 aliphatic heterocycles. The number of thiophene rings is 2. The molecule has 0 unspecified atom stereocenters. The van der Waals surface area contributed by atoms with Crippen molar-refractivity contribution in [3.05, 3.63) is 74.3 Å². The van der Waals surface area contributed by atoms with E-state index in [2.05, 4.69) is 10.1 Å². The highest BCUT2D eigenvalue weighted by Crippen LogP contribution is 2.35. The van der Waals surface area contributed by atoms with Gasteiger partial charge in [0.25, 0.3) is 5.56 Å². The Kier molecular flexibility index (Phi) is 3.84. The highest BCUT2D eigenvalue weighted by atomic mass is 32.1. The van der Waals surface area contributed by atoms with Gasteiger partial charge in [-0.05, 0) is 23.9 Å². The highest BCUT2D eigenvalue weighted by molar-refractivity contribution is 7.19. The molecule has 0 saturated carbocycles. The first-order chi connectivity index (χ1) is 11.7. The number of fused-ring (bicyclic) bond motifs is 1. The van der Waals surface area contributed by atoms with E-state index >= 15 is 0 Å². The quantitative estimate of drug-likeness (QED) is 0.514. The molecule has 1 aromatic carbocycles. The fraction of sp³-hybridized carbons (Fsp3) is 0.0556. The minimum atomic E-state index is -0.143. The average molecular weight is 351 g/mol. The predicted molar refractivity (Wildman–Crippen MR) is 101 cm³/mol. The summed E-state index contributed by atoms with van der Waals surface area (Å²) in [6, 6.07) is 13.8. The van der Waals surface area contributed by atoms with Gasteiger partial charge in [-0.1, -0.05) is 36.4 Å². The van der Waals surface area contributed by atoms with Crippen molar-refractivity contribution in [3.8, 4) is 11.1 Å². The summed E-state index contributed by atoms with van der Waals surface area (Å²) in [5.41, 5.74) is 1.84. The van der Waals surface area contributed by atoms with Crippen molar-refractivity contribution in [2.75, 3.05) is 0 Å². The Balaban J connectivity index is 1.91. The molecular formula is C18H13N3OS2. The molecule has 0 saturated heterocycles. The second kappa shape index (κ2) is 6.14. The zero-order valence-corrected chi connectivity index (χ0v) is 14.5. The first-order valence-electron chi connectivity index (χ1n) is 7.38. The van der Waals surface area contributed by atoms with E-state index in [0.29, 0.717) is 5.39 Å². The van der Waals surface area contributed by atoms with E-state index in [1.165, 1.54) is 22.3 Å². The summed E-state index contributed by atoms with van der Waals surface area (Å²) >= 11 is 3.11. The molecule has 0 bridgehead atoms. The minimum Gasteiger partial charge on any atom is -0.267 e. The molecule has 0 aliphatic carbocycles. The molecule has 0 aliphatic rings. The molecule has 0 fully saturated rings. The fourth-order valence-corrected chi connectivity index (χ4v) is 4.19. The van der Waals surface area contributed by atoms with Crippen molar-refractivity contribution in [2.45, 2.75) is 6.92 Å². The third-order valence-electron chi connectivity index (χ3n) is 3.69. The number of nitrogens with zero attached hydrogens (tertiary/aromatic N) is 3. The fourth-order valence-electron chi connectivity index (χ4n) is 2.61. The molecular weight excluding hydrogens is 338 g/mol. The third kappa shape index (κ3) is 2.60. The summed E-state index contributed by atoms with van der Waals surface area (Å²) in [5.74, 6) is 0. The SMILES string of the molecule is Cc1sc2ncn(N=Cc3cccs3)c(=O)c2c1-c1ccccc1. The molecule has 24 heavy (non-hydrogen) atoms. The van der Waals surface area contributed by atoms with Gasteiger partial charge in [0.2, 0.25) is 0 Å². The predicted octanol–water partition coefficient (Wildman–Crippen LogP) is 4.38. The van der Waals surface area contributed by atoms with Crippen LogP contribution in [0.1, 0.15) is 9.75 Å². The lowest BCUT2D eigenvalue weighted by atomic mass is 10.0. The summed E-state index contributed by atoms with van der Waals surface area (Å²) in [4.78, 5) is 20.2. The zero-order chi connectivity index (χ0) is 16.5. The Morgan fingerprint density at radius 3 is 2.75 bits per heavy atom. The molecule has 0 N–H and O–H groups in total. The number of hydrogen-bond donors (Lipinski definition) is 0. The van der Waals surface area contributed by atoms with E-state index < -0.39 is 0 Å². The smallest absolute Gasteiger partial charge is 0.267 e. The van der Waals surface area contributed by atoms with Crippen LogP contribution >= 0.6 is 22.7 Å². The van der Waals surface area contributed by atoms with Crippen LogP contribution in [-0.2, 0) is 0 Å². The van der Waals surface area contributed by atoms with E-state index in [9.17, 15) is 4.79 Å². The van der Waals surface area contributed by atoms with Crippen molar-refractivity contribution in [1.29, 1.82) is 0 Å². The van der Waals surface area contributed by atoms with Gasteiger partial charge in [-0.25, -0.2) is 4.98 Å². The number of aromatic nitrogens is 2. The van der Waals surface area contributed by atoms with Crippen LogP contribution in [0.2, 0.25) is 0 Å². The van der Waals surface area contributed by atoms with Gasteiger partial charge in [-0.2, -0.15) is 9.78 Å². The lowest BCUT2D eigenvalue weighted by molar-refractivity contribution is 0.819. The van der Waals surface area contributed by atoms with Crippen molar-refractivity contribution in [1.82, 2.24) is 9.66 Å². The van der Waals surface area contributed by atoms with E-state index in [4.69, 9.17) is 0 Å². The van der Waals surface area contributed by atoms with E-state index in [-0.39, 0.29) is 5.56 Å². The standard InChI is InChI=1S/C18H13N3OS2/c1-12-15(13-6-3-2-4-7-13)16-17(24-12)19-11-21(18(16)22)20-10-14-8-5-9-23-14/h2-11H,1H3. The number of benzene rings is 1. The summed E-state index contributed by atoms with van der Waals surface area (Å²) in [6.07, 6.45) is 3.17. The molecule has 0 radical (unpaired) electrons. The van der Waals surface area contributed by atoms with E-state index in [1.807, 2.05) is 54.8 Å². The van der Waals surface area contributed by atoms with Crippen molar-refractivity contribution >= 4 is 39.1 Å². The topological polar surface area (TPSA) is 47.2 Å². The van der Waals surface area contributed by atoms with Crippen LogP contribution in [0.25, 0.3) is 21.3 Å². The van der Waals surface area contributed by atoms with Crippen molar-refractivity contribution in [3.63, 3.8) is 0 Å². The zero-order valence-electron chi connectivity index (χ0n) is 12.8. The van der Waals surface area contributed by atoms with Crippen LogP contribution in [0.3, 0.4) is 0 Å². The normalized spacial score (nSPS) is 11.5. The number of rotatable bonds is 3. The Morgan fingerprint density at radius 2 is 2.00 bits per heavy atom. The maximum Gasteiger partial charge on any atom is 0.283 e. The Morgan fingerprint density at radius 1 is 1.17 bits per heavy atom. The first kappa shape index (κ1) is 15.0. The molecule has 4 aromatic rings. The van der Waals surface area contributed by atoms with Crippen LogP contribution in [0.4, 0.5) is 0 Å². The van der Waals surface area contributed by atoms with Crippen LogP contribution in [-0.4, -0.2) is 15.9 Å². The third-order valence-corrected chi connectivity index (χ3v) is 5.51. The molecule has 6 heteroatoms. The van der Waals surface area contributed by atoms with Gasteiger partial charge in [0, 0.05) is 15.3 Å². The van der Waals surface area contributed by atoms with E-state index in [0.717, 1.165) is 25.7 Å². The molecule has 3 aromatic heterocycles. The molecule has 0 atom stereocenters. The molecule has 4 rings (SSSR count). The lowest BCUT2D eigenvalue weighted by Crippen LogP contribution is -2.16. The van der Waals surface area contributed by atoms with Gasteiger partial charge in [0.1, 0.15) is 11.2 Å². The first-order valence-corrected chi connectivity index (χ1v) is 9.07. The summed E-state index contributed by atoms with van der Waals surface area (Å²) in [5, 5.41) is 6.88. The molecule has 118 valence electrons. The van der Waals surface area contributed by atoms with E-state index in [1.54, 1.807) is 17.6 Å². The second-order valence-electron chi connectivity index (χ2n) is 5.23. The van der Waals surface area contributed by atoms with Gasteiger partial charge in [0.05, 0.1) is 11.6 Å². The average Bonchev–Trinajstić information content (AvgIpc) is 3.22. The Labute approximate surface area is 146 Å². The van der Waals surface area contributed by atoms with Crippen molar-refractivity contribution < 1.29 is 0 Å². The Bertz CT molecular complexity index is 1080. The second-order valence-corrected chi connectivity index (χ2v) is 7.42. The monoisotopic (exact) mass is 351 g/mol. The summed E-state index contributed by atoms with van der Waals surface area (Å²) in [7, 11) is 0. The lowest BCUT2D eigenvalue weighted by Gasteiger charge is -2.02. The summed E-state index contributed by atoms with van der Waals surface area (Å²) < 4.78 is 1.31. The summed E-state index contributed by atoms with van der Waals surface area (Å²) in [6.45, 7) is 2.02. The van der Waals surface area contributed by atoms with Crippen LogP contribution in [0.5, 0.6) is 0 Å². The number of hydrogen-bond acceptors (Lipinski definition) is 5. The van der Waals surface area contributed by atoms with Crippen molar-refractivity contribution in [2.24, 2.45) is 5.10 Å². The molecule has 4 nitrogen and oxygen atoms in total. The van der Waals surface area contributed by atoms with Gasteiger partial charge < -0.3 is 0 Å². The van der Waals surface area contributed by atoms with Gasteiger partial charge in [-0.15, -0.1) is 22.7 Å². The molecule has 0 spiro atoms. The number of aryl methyl sites for hydroxylation is 1. The molecule has 0 amide bonds. The largest absolute Gasteiger partial charge is 0.283 e. The minimum absolute atomic E-state index is 0.143. The van der Waals surface area contributed by atoms with Gasteiger partial charge in [0.15, 0.2) is 0 Å². The maximum atomic E-state index is 12.9. The van der Waals surface area contributed by atoms with Crippen LogP contribution in [0, 0.1) is 6.92 Å². The Hall–Kier alpha value is -2.57. The molecule has 3 heterocycles. The van der Waals surface area contributed by atoms with Gasteiger partial charge >= 0.3 is 0 Å². The van der Waals surface area contributed by atoms with Gasteiger partial charge in [-0.3, -0.25) is 4.79 Å². The maximum absolute atomic E-state index is 12.9. The van der Waals surface area contributed by atoms with Crippen LogP contribution < -0.4 is 5.56 Å². The van der Waals surface area contributed by atoms with Crippen LogP contribution in [0.15, 0.2) is 64.1 Å².